The number of thioether (sulfide) groups is 2. The average Bonchev–Trinajstić information content (AvgIpc) is 3.33. The topological polar surface area (TPSA) is 99.6 Å². The van der Waals surface area contributed by atoms with Gasteiger partial charge in [-0.3, -0.25) is 19.1 Å². The maximum Gasteiger partial charge on any atom is 0.330 e. The first-order chi connectivity index (χ1) is 20.5. The molecule has 3 aromatic rings. The highest BCUT2D eigenvalue weighted by atomic mass is 32.2. The molecular weight excluding hydrogens is 601 g/mol. The monoisotopic (exact) mass is 640 g/mol. The molecule has 2 aliphatic rings. The predicted octanol–water partition coefficient (Wildman–Crippen LogP) is 4.06. The van der Waals surface area contributed by atoms with Gasteiger partial charge in [-0.05, 0) is 40.3 Å². The molecule has 2 saturated heterocycles. The van der Waals surface area contributed by atoms with E-state index in [2.05, 4.69) is 74.3 Å². The first-order valence-corrected chi connectivity index (χ1v) is 18.7. The van der Waals surface area contributed by atoms with Gasteiger partial charge in [-0.15, -0.1) is 23.5 Å². The van der Waals surface area contributed by atoms with Crippen molar-refractivity contribution in [2.24, 2.45) is 5.92 Å². The van der Waals surface area contributed by atoms with Gasteiger partial charge in [-0.25, -0.2) is 4.79 Å². The van der Waals surface area contributed by atoms with Gasteiger partial charge < -0.3 is 13.9 Å². The molecule has 0 saturated carbocycles. The standard InChI is InChI=1S/C32H40N2O6S2Si/c1-21-19-34(31(37)33-28(21)36)29-27(39-22(2)35)26(30-41-17-12-18-42-30)25(40-29)20-38-43(32(3,4)5,23-13-8-6-9-14-23)24-15-10-7-11-16-24/h6-11,13-16,19,25-27,29-30H,12,17-18,20H2,1-5H3,(H,33,36,37)/t25-,26-,27-,29-/m1/s1. The quantitative estimate of drug-likeness (QED) is 0.291. The number of rotatable bonds is 8. The molecule has 2 aromatic carbocycles. The lowest BCUT2D eigenvalue weighted by Crippen LogP contribution is -2.67. The number of nitrogens with zero attached hydrogens (tertiary/aromatic N) is 1. The largest absolute Gasteiger partial charge is 0.457 e. The molecule has 1 aromatic heterocycles. The minimum atomic E-state index is -2.90. The number of ether oxygens (including phenoxy) is 2. The van der Waals surface area contributed by atoms with E-state index in [1.165, 1.54) is 17.7 Å². The van der Waals surface area contributed by atoms with Crippen molar-refractivity contribution in [1.29, 1.82) is 0 Å². The molecule has 11 heteroatoms. The summed E-state index contributed by atoms with van der Waals surface area (Å²) >= 11 is 3.67. The third-order valence-corrected chi connectivity index (χ3v) is 16.3. The molecule has 230 valence electrons. The van der Waals surface area contributed by atoms with Gasteiger partial charge in [0, 0.05) is 18.7 Å². The van der Waals surface area contributed by atoms with Crippen molar-refractivity contribution in [3.05, 3.63) is 93.3 Å². The van der Waals surface area contributed by atoms with Crippen LogP contribution in [0.4, 0.5) is 0 Å². The zero-order valence-corrected chi connectivity index (χ0v) is 27.9. The van der Waals surface area contributed by atoms with E-state index in [0.717, 1.165) is 28.3 Å². The fourth-order valence-corrected chi connectivity index (χ4v) is 14.2. The number of aromatic amines is 1. The van der Waals surface area contributed by atoms with Gasteiger partial charge in [0.05, 0.1) is 23.2 Å². The van der Waals surface area contributed by atoms with E-state index < -0.39 is 44.0 Å². The number of aryl methyl sites for hydroxylation is 1. The van der Waals surface area contributed by atoms with Gasteiger partial charge in [-0.1, -0.05) is 81.4 Å². The number of esters is 1. The van der Waals surface area contributed by atoms with Crippen LogP contribution in [0.5, 0.6) is 0 Å². The summed E-state index contributed by atoms with van der Waals surface area (Å²) in [5.41, 5.74) is -0.687. The second-order valence-corrected chi connectivity index (χ2v) is 19.2. The van der Waals surface area contributed by atoms with Crippen LogP contribution in [0, 0.1) is 12.8 Å². The van der Waals surface area contributed by atoms with Crippen molar-refractivity contribution in [1.82, 2.24) is 9.55 Å². The highest BCUT2D eigenvalue weighted by molar-refractivity contribution is 8.17. The summed E-state index contributed by atoms with van der Waals surface area (Å²) in [6, 6.07) is 20.8. The Bertz CT molecular complexity index is 1480. The van der Waals surface area contributed by atoms with Crippen LogP contribution in [-0.2, 0) is 18.7 Å². The van der Waals surface area contributed by atoms with E-state index in [0.29, 0.717) is 5.56 Å². The molecule has 2 aliphatic heterocycles. The van der Waals surface area contributed by atoms with Crippen molar-refractivity contribution in [2.45, 2.75) is 69.1 Å². The van der Waals surface area contributed by atoms with Gasteiger partial charge >= 0.3 is 11.7 Å². The second-order valence-electron chi connectivity index (χ2n) is 12.1. The summed E-state index contributed by atoms with van der Waals surface area (Å²) in [6.07, 6.45) is 0.469. The summed E-state index contributed by atoms with van der Waals surface area (Å²) in [5.74, 6) is 1.29. The van der Waals surface area contributed by atoms with E-state index >= 15 is 0 Å². The molecule has 5 rings (SSSR count). The van der Waals surface area contributed by atoms with Gasteiger partial charge in [0.2, 0.25) is 0 Å². The van der Waals surface area contributed by atoms with Crippen molar-refractivity contribution in [2.75, 3.05) is 18.1 Å². The Hall–Kier alpha value is -2.57. The minimum Gasteiger partial charge on any atom is -0.457 e. The van der Waals surface area contributed by atoms with Gasteiger partial charge in [0.15, 0.2) is 12.3 Å². The highest BCUT2D eigenvalue weighted by Crippen LogP contribution is 2.48. The number of carbonyl (C=O) groups is 1. The first-order valence-electron chi connectivity index (χ1n) is 14.7. The summed E-state index contributed by atoms with van der Waals surface area (Å²) < 4.78 is 21.4. The molecule has 3 heterocycles. The molecule has 0 unspecified atom stereocenters. The molecule has 2 fully saturated rings. The van der Waals surface area contributed by atoms with Crippen LogP contribution in [0.15, 0.2) is 76.4 Å². The number of H-pyrrole nitrogens is 1. The molecule has 0 bridgehead atoms. The lowest BCUT2D eigenvalue weighted by atomic mass is 10.00. The predicted molar refractivity (Wildman–Crippen MR) is 176 cm³/mol. The van der Waals surface area contributed by atoms with E-state index in [4.69, 9.17) is 13.9 Å². The van der Waals surface area contributed by atoms with Crippen LogP contribution >= 0.6 is 23.5 Å². The summed E-state index contributed by atoms with van der Waals surface area (Å²) in [7, 11) is -2.90. The number of nitrogens with one attached hydrogen (secondary N) is 1. The molecule has 43 heavy (non-hydrogen) atoms. The molecule has 0 aliphatic carbocycles. The Morgan fingerprint density at radius 2 is 1.60 bits per heavy atom. The fraction of sp³-hybridized carbons (Fsp3) is 0.469. The third-order valence-electron chi connectivity index (χ3n) is 8.17. The highest BCUT2D eigenvalue weighted by Gasteiger charge is 2.55. The zero-order valence-electron chi connectivity index (χ0n) is 25.3. The number of benzene rings is 2. The van der Waals surface area contributed by atoms with E-state index in [9.17, 15) is 14.4 Å². The molecule has 1 N–H and O–H groups in total. The number of carbonyl (C=O) groups excluding carboxylic acids is 1. The lowest BCUT2D eigenvalue weighted by molar-refractivity contribution is -0.153. The van der Waals surface area contributed by atoms with Gasteiger partial charge in [0.25, 0.3) is 13.9 Å². The SMILES string of the molecule is CC(=O)O[C@@H]1[C@H](C2SCCCS2)[C@@H](CO[Si](c2ccccc2)(c2ccccc2)C(C)(C)C)O[C@H]1n1cc(C)c(=O)[nH]c1=O. The summed E-state index contributed by atoms with van der Waals surface area (Å²) in [4.78, 5) is 40.1. The fourth-order valence-electron chi connectivity index (χ4n) is 6.25. The van der Waals surface area contributed by atoms with Gasteiger partial charge in [-0.2, -0.15) is 0 Å². The number of hydrogen-bond acceptors (Lipinski definition) is 8. The first kappa shape index (κ1) is 31.8. The van der Waals surface area contributed by atoms with Crippen LogP contribution in [0.1, 0.15) is 45.9 Å². The Kier molecular flexibility index (Phi) is 9.77. The average molecular weight is 641 g/mol. The molecule has 0 amide bonds. The molecule has 4 atom stereocenters. The van der Waals surface area contributed by atoms with Crippen molar-refractivity contribution >= 4 is 48.2 Å². The minimum absolute atomic E-state index is 0.0791. The summed E-state index contributed by atoms with van der Waals surface area (Å²) in [5, 5.41) is 2.08. The maximum atomic E-state index is 13.1. The van der Waals surface area contributed by atoms with Crippen LogP contribution < -0.4 is 21.6 Å². The van der Waals surface area contributed by atoms with Crippen LogP contribution in [-0.4, -0.2) is 58.7 Å². The summed E-state index contributed by atoms with van der Waals surface area (Å²) in [6.45, 7) is 9.95. The lowest BCUT2D eigenvalue weighted by Gasteiger charge is -2.44. The second kappa shape index (κ2) is 13.2. The molecule has 0 spiro atoms. The Balaban J connectivity index is 1.60. The Morgan fingerprint density at radius 1 is 1.02 bits per heavy atom. The third kappa shape index (κ3) is 6.46. The normalized spacial score (nSPS) is 23.3. The van der Waals surface area contributed by atoms with E-state index in [1.807, 2.05) is 35.7 Å². The molecule has 0 radical (unpaired) electrons. The smallest absolute Gasteiger partial charge is 0.330 e. The van der Waals surface area contributed by atoms with Crippen LogP contribution in [0.3, 0.4) is 0 Å². The van der Waals surface area contributed by atoms with E-state index in [-0.39, 0.29) is 22.1 Å². The van der Waals surface area contributed by atoms with Crippen LogP contribution in [0.25, 0.3) is 0 Å². The Labute approximate surface area is 262 Å². The van der Waals surface area contributed by atoms with Gasteiger partial charge in [0.1, 0.15) is 0 Å². The van der Waals surface area contributed by atoms with E-state index in [1.54, 1.807) is 6.92 Å². The van der Waals surface area contributed by atoms with Crippen LogP contribution in [0.2, 0.25) is 5.04 Å². The Morgan fingerprint density at radius 3 is 2.14 bits per heavy atom. The van der Waals surface area contributed by atoms with Crippen molar-refractivity contribution in [3.63, 3.8) is 0 Å². The zero-order chi connectivity index (χ0) is 30.8. The molecule has 8 nitrogen and oxygen atoms in total. The number of hydrogen-bond donors (Lipinski definition) is 1. The molecular formula is C32H40N2O6S2Si. The number of aromatic nitrogens is 2. The van der Waals surface area contributed by atoms with Crippen molar-refractivity contribution in [3.8, 4) is 0 Å². The van der Waals surface area contributed by atoms with Crippen molar-refractivity contribution < 1.29 is 18.7 Å². The maximum absolute atomic E-state index is 13.1.